The van der Waals surface area contributed by atoms with E-state index in [9.17, 15) is 13.2 Å². The summed E-state index contributed by atoms with van der Waals surface area (Å²) >= 11 is 3.38. The molecular weight excluding hydrogens is 420 g/mol. The smallest absolute Gasteiger partial charge is 0.329 e. The fourth-order valence-electron chi connectivity index (χ4n) is 3.65. The Morgan fingerprint density at radius 3 is 1.85 bits per heavy atom. The van der Waals surface area contributed by atoms with Gasteiger partial charge < -0.3 is 4.74 Å². The molecule has 2 saturated heterocycles. The van der Waals surface area contributed by atoms with Crippen LogP contribution in [0.4, 0.5) is 16.2 Å². The Labute approximate surface area is 160 Å². The minimum Gasteiger partial charge on any atom is -0.497 e. The van der Waals surface area contributed by atoms with E-state index in [0.717, 1.165) is 4.47 Å². The lowest BCUT2D eigenvalue weighted by atomic mass is 10.1. The number of nitrogens with zero attached hydrogens (tertiary/aromatic N) is 2. The van der Waals surface area contributed by atoms with E-state index >= 15 is 0 Å². The Balaban J connectivity index is 1.77. The van der Waals surface area contributed by atoms with E-state index in [-0.39, 0.29) is 17.5 Å². The molecule has 0 spiro atoms. The molecule has 2 amide bonds. The quantitative estimate of drug-likeness (QED) is 0.693. The molecule has 6 nitrogen and oxygen atoms in total. The summed E-state index contributed by atoms with van der Waals surface area (Å²) in [7, 11) is -1.63. The second-order valence-corrected chi connectivity index (χ2v) is 9.48. The van der Waals surface area contributed by atoms with Crippen LogP contribution in [0.25, 0.3) is 0 Å². The fraction of sp³-hybridized carbons (Fsp3) is 0.278. The van der Waals surface area contributed by atoms with E-state index in [2.05, 4.69) is 15.9 Å². The molecule has 136 valence electrons. The van der Waals surface area contributed by atoms with Gasteiger partial charge in [0, 0.05) is 15.8 Å². The maximum atomic E-state index is 13.2. The summed E-state index contributed by atoms with van der Waals surface area (Å²) in [4.78, 5) is 16.4. The van der Waals surface area contributed by atoms with Crippen LogP contribution in [-0.4, -0.2) is 45.1 Å². The Morgan fingerprint density at radius 2 is 1.38 bits per heavy atom. The molecule has 0 radical (unpaired) electrons. The topological polar surface area (TPSA) is 66.9 Å². The molecule has 0 aliphatic carbocycles. The summed E-state index contributed by atoms with van der Waals surface area (Å²) in [5.74, 6) is 0.634. The predicted molar refractivity (Wildman–Crippen MR) is 104 cm³/mol. The van der Waals surface area contributed by atoms with Crippen molar-refractivity contribution in [3.8, 4) is 5.75 Å². The second kappa shape index (κ2) is 6.28. The monoisotopic (exact) mass is 436 g/mol. The maximum absolute atomic E-state index is 13.2. The minimum absolute atomic E-state index is 0.0217. The SMILES string of the molecule is COc1ccc(N2C(=O)N(c3ccc(Br)cc3)[C@H]3CS(=O)(=O)C[C@@H]32)cc1. The highest BCUT2D eigenvalue weighted by Crippen LogP contribution is 2.38. The third-order valence-electron chi connectivity index (χ3n) is 4.82. The van der Waals surface area contributed by atoms with Crippen molar-refractivity contribution in [3.63, 3.8) is 0 Å². The van der Waals surface area contributed by atoms with Crippen molar-refractivity contribution in [1.29, 1.82) is 0 Å². The van der Waals surface area contributed by atoms with Gasteiger partial charge >= 0.3 is 6.03 Å². The van der Waals surface area contributed by atoms with E-state index in [4.69, 9.17) is 4.74 Å². The van der Waals surface area contributed by atoms with E-state index in [1.54, 1.807) is 41.2 Å². The van der Waals surface area contributed by atoms with Gasteiger partial charge in [-0.25, -0.2) is 13.2 Å². The number of carbonyl (C=O) groups is 1. The fourth-order valence-corrected chi connectivity index (χ4v) is 5.84. The molecule has 0 saturated carbocycles. The molecule has 2 heterocycles. The van der Waals surface area contributed by atoms with Crippen molar-refractivity contribution < 1.29 is 17.9 Å². The number of urea groups is 1. The molecule has 2 aromatic carbocycles. The van der Waals surface area contributed by atoms with Crippen molar-refractivity contribution >= 4 is 43.2 Å². The van der Waals surface area contributed by atoms with Gasteiger partial charge in [-0.05, 0) is 48.5 Å². The lowest BCUT2D eigenvalue weighted by Crippen LogP contribution is -2.37. The van der Waals surface area contributed by atoms with E-state index in [0.29, 0.717) is 17.1 Å². The van der Waals surface area contributed by atoms with Crippen LogP contribution in [0, 0.1) is 0 Å². The molecule has 0 N–H and O–H groups in total. The van der Waals surface area contributed by atoms with Gasteiger partial charge in [0.1, 0.15) is 5.75 Å². The van der Waals surface area contributed by atoms with E-state index in [1.807, 2.05) is 24.3 Å². The van der Waals surface area contributed by atoms with Gasteiger partial charge in [-0.15, -0.1) is 0 Å². The molecule has 0 aromatic heterocycles. The number of amides is 2. The summed E-state index contributed by atoms with van der Waals surface area (Å²) in [6.07, 6.45) is 0. The minimum atomic E-state index is -3.20. The highest BCUT2D eigenvalue weighted by atomic mass is 79.9. The Bertz CT molecular complexity index is 944. The zero-order valence-corrected chi connectivity index (χ0v) is 16.4. The van der Waals surface area contributed by atoms with Crippen molar-refractivity contribution in [1.82, 2.24) is 0 Å². The highest BCUT2D eigenvalue weighted by molar-refractivity contribution is 9.10. The Hall–Kier alpha value is -2.06. The maximum Gasteiger partial charge on any atom is 0.329 e. The summed E-state index contributed by atoms with van der Waals surface area (Å²) < 4.78 is 30.6. The number of halogens is 1. The third kappa shape index (κ3) is 2.87. The number of anilines is 2. The van der Waals surface area contributed by atoms with Crippen LogP contribution in [0.1, 0.15) is 0 Å². The summed E-state index contributed by atoms with van der Waals surface area (Å²) in [5.41, 5.74) is 1.36. The molecule has 2 aliphatic heterocycles. The number of benzene rings is 2. The van der Waals surface area contributed by atoms with Crippen LogP contribution in [0.2, 0.25) is 0 Å². The zero-order valence-electron chi connectivity index (χ0n) is 14.0. The predicted octanol–water partition coefficient (Wildman–Crippen LogP) is 3.07. The number of methoxy groups -OCH3 is 1. The van der Waals surface area contributed by atoms with Gasteiger partial charge in [-0.2, -0.15) is 0 Å². The first-order valence-electron chi connectivity index (χ1n) is 8.12. The van der Waals surface area contributed by atoms with Gasteiger partial charge in [0.05, 0.1) is 30.7 Å². The average molecular weight is 437 g/mol. The number of ether oxygens (including phenoxy) is 1. The zero-order chi connectivity index (χ0) is 18.5. The molecular formula is C18H17BrN2O4S. The van der Waals surface area contributed by atoms with Crippen molar-refractivity contribution in [3.05, 3.63) is 53.0 Å². The van der Waals surface area contributed by atoms with Crippen molar-refractivity contribution in [2.24, 2.45) is 0 Å². The van der Waals surface area contributed by atoms with Gasteiger partial charge in [0.25, 0.3) is 0 Å². The van der Waals surface area contributed by atoms with Gasteiger partial charge in [0.15, 0.2) is 9.84 Å². The van der Waals surface area contributed by atoms with Crippen molar-refractivity contribution in [2.45, 2.75) is 12.1 Å². The van der Waals surface area contributed by atoms with Crippen molar-refractivity contribution in [2.75, 3.05) is 28.4 Å². The van der Waals surface area contributed by atoms with Crippen LogP contribution < -0.4 is 14.5 Å². The van der Waals surface area contributed by atoms with Gasteiger partial charge in [-0.1, -0.05) is 15.9 Å². The van der Waals surface area contributed by atoms with Gasteiger partial charge in [-0.3, -0.25) is 9.80 Å². The molecule has 2 aromatic rings. The standard InChI is InChI=1S/C18H17BrN2O4S/c1-25-15-8-6-14(7-9-15)21-17-11-26(23,24)10-16(17)20(18(21)22)13-4-2-12(19)3-5-13/h2-9,16-17H,10-11H2,1H3/t16-,17-/m0/s1. The molecule has 2 aliphatic rings. The second-order valence-electron chi connectivity index (χ2n) is 6.41. The summed E-state index contributed by atoms with van der Waals surface area (Å²) in [6, 6.07) is 13.4. The van der Waals surface area contributed by atoms with Gasteiger partial charge in [0.2, 0.25) is 0 Å². The number of hydrogen-bond donors (Lipinski definition) is 0. The molecule has 8 heteroatoms. The average Bonchev–Trinajstić information content (AvgIpc) is 3.05. The molecule has 26 heavy (non-hydrogen) atoms. The highest BCUT2D eigenvalue weighted by Gasteiger charge is 2.54. The number of sulfone groups is 1. The van der Waals surface area contributed by atoms with Crippen LogP contribution in [0.3, 0.4) is 0 Å². The number of hydrogen-bond acceptors (Lipinski definition) is 4. The van der Waals surface area contributed by atoms with E-state index < -0.39 is 21.9 Å². The molecule has 2 atom stereocenters. The van der Waals surface area contributed by atoms with Crippen LogP contribution in [-0.2, 0) is 9.84 Å². The lowest BCUT2D eigenvalue weighted by molar-refractivity contribution is 0.255. The first-order valence-corrected chi connectivity index (χ1v) is 10.7. The normalized spacial score (nSPS) is 24.0. The lowest BCUT2D eigenvalue weighted by Gasteiger charge is -2.23. The van der Waals surface area contributed by atoms with Crippen LogP contribution in [0.15, 0.2) is 53.0 Å². The van der Waals surface area contributed by atoms with Crippen LogP contribution >= 0.6 is 15.9 Å². The van der Waals surface area contributed by atoms with E-state index in [1.165, 1.54) is 0 Å². The first kappa shape index (κ1) is 17.4. The largest absolute Gasteiger partial charge is 0.497 e. The summed E-state index contributed by atoms with van der Waals surface area (Å²) in [6.45, 7) is 0. The first-order chi connectivity index (χ1) is 12.4. The Morgan fingerprint density at radius 1 is 0.923 bits per heavy atom. The Kier molecular flexibility index (Phi) is 4.19. The molecule has 0 unspecified atom stereocenters. The number of rotatable bonds is 3. The molecule has 2 fully saturated rings. The summed E-state index contributed by atoms with van der Waals surface area (Å²) in [5, 5.41) is 0. The van der Waals surface area contributed by atoms with Crippen LogP contribution in [0.5, 0.6) is 5.75 Å². The number of fused-ring (bicyclic) bond motifs is 1. The molecule has 0 bridgehead atoms. The number of carbonyl (C=O) groups excluding carboxylic acids is 1. The molecule has 4 rings (SSSR count). The third-order valence-corrected chi connectivity index (χ3v) is 7.05.